The molecule has 6 rings (SSSR count). The summed E-state index contributed by atoms with van der Waals surface area (Å²) in [7, 11) is 0. The maximum Gasteiger partial charge on any atom is 0.272 e. The third-order valence-electron chi connectivity index (χ3n) is 5.75. The van der Waals surface area contributed by atoms with Crippen LogP contribution < -0.4 is 10.9 Å². The highest BCUT2D eigenvalue weighted by Crippen LogP contribution is 2.33. The van der Waals surface area contributed by atoms with E-state index in [2.05, 4.69) is 25.4 Å². The number of H-pyrrole nitrogens is 1. The zero-order chi connectivity index (χ0) is 23.4. The van der Waals surface area contributed by atoms with Crippen molar-refractivity contribution in [3.63, 3.8) is 0 Å². The number of halogens is 2. The number of carbonyl (C=O) groups is 1. The summed E-state index contributed by atoms with van der Waals surface area (Å²) in [5.74, 6) is -3.03. The molecule has 12 heteroatoms. The molecule has 6 heterocycles. The molecule has 0 aliphatic carbocycles. The van der Waals surface area contributed by atoms with Crippen molar-refractivity contribution >= 4 is 44.0 Å². The number of amides is 1. The number of nitrogens with one attached hydrogen (secondary N) is 2. The van der Waals surface area contributed by atoms with E-state index in [9.17, 15) is 18.4 Å². The Morgan fingerprint density at radius 2 is 2.03 bits per heavy atom. The van der Waals surface area contributed by atoms with Gasteiger partial charge in [0.15, 0.2) is 0 Å². The fourth-order valence-electron chi connectivity index (χ4n) is 4.12. The molecule has 0 spiro atoms. The van der Waals surface area contributed by atoms with Crippen LogP contribution >= 0.6 is 11.3 Å². The number of hydrogen-bond donors (Lipinski definition) is 2. The number of hydrogen-bond acceptors (Lipinski definition) is 7. The van der Waals surface area contributed by atoms with E-state index in [4.69, 9.17) is 0 Å². The first-order valence-corrected chi connectivity index (χ1v) is 11.3. The minimum absolute atomic E-state index is 0.236. The molecule has 0 aromatic carbocycles. The Morgan fingerprint density at radius 1 is 1.24 bits per heavy atom. The molecule has 1 aliphatic rings. The summed E-state index contributed by atoms with van der Waals surface area (Å²) in [4.78, 5) is 39.9. The summed E-state index contributed by atoms with van der Waals surface area (Å²) in [6.07, 6.45) is 6.69. The molecule has 1 amide bonds. The summed E-state index contributed by atoms with van der Waals surface area (Å²) in [6, 6.07) is 5.33. The first kappa shape index (κ1) is 20.8. The maximum absolute atomic E-state index is 12.9. The summed E-state index contributed by atoms with van der Waals surface area (Å²) in [5.41, 5.74) is 2.25. The average Bonchev–Trinajstić information content (AvgIpc) is 3.36. The Kier molecular flexibility index (Phi) is 4.67. The molecular formula is C22H17F2N7O2S. The average molecular weight is 481 g/mol. The number of alkyl halides is 2. The van der Waals surface area contributed by atoms with Crippen LogP contribution in [0, 0.1) is 0 Å². The van der Waals surface area contributed by atoms with E-state index in [1.54, 1.807) is 27.9 Å². The van der Waals surface area contributed by atoms with E-state index in [0.717, 1.165) is 10.4 Å². The van der Waals surface area contributed by atoms with Gasteiger partial charge in [0, 0.05) is 37.9 Å². The summed E-state index contributed by atoms with van der Waals surface area (Å²) in [6.45, 7) is -0.0000956. The standard InChI is InChI=1S/C22H17F2N7O2S/c23-22(24)10-30(11-22)6-5-26-19(32)13-7-14-17(27-8-13)18-16(20(33)28-14)21-31(29-18)9-15(34-21)12-1-3-25-4-2-12/h1-4,7-9H,5-6,10-11H2,(H,26,32)(H,28,33). The van der Waals surface area contributed by atoms with Gasteiger partial charge in [-0.25, -0.2) is 13.3 Å². The number of pyridine rings is 3. The molecule has 0 saturated carbocycles. The van der Waals surface area contributed by atoms with E-state index in [1.165, 1.54) is 17.5 Å². The van der Waals surface area contributed by atoms with E-state index in [0.29, 0.717) is 33.3 Å². The number of aromatic nitrogens is 5. The zero-order valence-electron chi connectivity index (χ0n) is 17.6. The lowest BCUT2D eigenvalue weighted by Crippen LogP contribution is -2.57. The second-order valence-electron chi connectivity index (χ2n) is 8.20. The van der Waals surface area contributed by atoms with Crippen molar-refractivity contribution in [1.29, 1.82) is 0 Å². The quantitative estimate of drug-likeness (QED) is 0.400. The van der Waals surface area contributed by atoms with Crippen molar-refractivity contribution < 1.29 is 13.6 Å². The third-order valence-corrected chi connectivity index (χ3v) is 6.90. The van der Waals surface area contributed by atoms with Crippen molar-refractivity contribution in [2.45, 2.75) is 5.92 Å². The molecule has 0 radical (unpaired) electrons. The minimum Gasteiger partial charge on any atom is -0.351 e. The van der Waals surface area contributed by atoms with E-state index < -0.39 is 11.8 Å². The van der Waals surface area contributed by atoms with Gasteiger partial charge in [-0.1, -0.05) is 0 Å². The molecular weight excluding hydrogens is 464 g/mol. The monoisotopic (exact) mass is 481 g/mol. The number of aromatic amines is 1. The Labute approximate surface area is 194 Å². The van der Waals surface area contributed by atoms with Crippen LogP contribution in [0.1, 0.15) is 10.4 Å². The van der Waals surface area contributed by atoms with Gasteiger partial charge in [-0.15, -0.1) is 11.3 Å². The number of likely N-dealkylation sites (tertiary alicyclic amines) is 1. The van der Waals surface area contributed by atoms with Gasteiger partial charge in [0.2, 0.25) is 0 Å². The number of thiazole rings is 1. The smallest absolute Gasteiger partial charge is 0.272 e. The van der Waals surface area contributed by atoms with Crippen molar-refractivity contribution in [3.8, 4) is 10.4 Å². The van der Waals surface area contributed by atoms with E-state index >= 15 is 0 Å². The lowest BCUT2D eigenvalue weighted by atomic mass is 10.1. The van der Waals surface area contributed by atoms with Gasteiger partial charge in [0.25, 0.3) is 17.4 Å². The molecule has 5 aromatic rings. The highest BCUT2D eigenvalue weighted by molar-refractivity contribution is 7.21. The summed E-state index contributed by atoms with van der Waals surface area (Å²) in [5, 5.41) is 7.72. The van der Waals surface area contributed by atoms with Crippen LogP contribution in [0.2, 0.25) is 0 Å². The lowest BCUT2D eigenvalue weighted by molar-refractivity contribution is -0.129. The lowest BCUT2D eigenvalue weighted by Gasteiger charge is -2.38. The Bertz CT molecular complexity index is 1620. The van der Waals surface area contributed by atoms with Crippen molar-refractivity contribution in [2.75, 3.05) is 26.2 Å². The van der Waals surface area contributed by atoms with E-state index in [1.807, 2.05) is 18.3 Å². The van der Waals surface area contributed by atoms with Crippen molar-refractivity contribution in [2.24, 2.45) is 0 Å². The topological polar surface area (TPSA) is 108 Å². The van der Waals surface area contributed by atoms with Gasteiger partial charge < -0.3 is 10.3 Å². The summed E-state index contributed by atoms with van der Waals surface area (Å²) < 4.78 is 27.5. The van der Waals surface area contributed by atoms with E-state index in [-0.39, 0.29) is 30.8 Å². The molecule has 1 saturated heterocycles. The first-order chi connectivity index (χ1) is 16.4. The third kappa shape index (κ3) is 3.51. The van der Waals surface area contributed by atoms with Gasteiger partial charge in [-0.2, -0.15) is 5.10 Å². The maximum atomic E-state index is 12.9. The number of rotatable bonds is 5. The Balaban J connectivity index is 1.29. The molecule has 5 aromatic heterocycles. The Hall–Kier alpha value is -3.77. The van der Waals surface area contributed by atoms with Crippen molar-refractivity contribution in [3.05, 3.63) is 58.9 Å². The molecule has 172 valence electrons. The highest BCUT2D eigenvalue weighted by atomic mass is 32.1. The van der Waals surface area contributed by atoms with Gasteiger partial charge >= 0.3 is 0 Å². The molecule has 1 aliphatic heterocycles. The van der Waals surface area contributed by atoms with Crippen molar-refractivity contribution in [1.82, 2.24) is 34.8 Å². The summed E-state index contributed by atoms with van der Waals surface area (Å²) >= 11 is 1.44. The van der Waals surface area contributed by atoms with Crippen LogP contribution in [-0.2, 0) is 0 Å². The SMILES string of the molecule is O=C(NCCN1CC(F)(F)C1)c1cnc2c(c1)[nH]c(=O)c1c2nn2cc(-c3ccncc3)sc12. The molecule has 34 heavy (non-hydrogen) atoms. The van der Waals surface area contributed by atoms with Crippen LogP contribution in [-0.4, -0.2) is 67.5 Å². The zero-order valence-corrected chi connectivity index (χ0v) is 18.4. The fraction of sp³-hybridized carbons (Fsp3) is 0.227. The molecule has 0 bridgehead atoms. The molecule has 0 atom stereocenters. The van der Waals surface area contributed by atoms with Gasteiger partial charge in [0.05, 0.1) is 29.0 Å². The van der Waals surface area contributed by atoms with Crippen LogP contribution in [0.5, 0.6) is 0 Å². The first-order valence-electron chi connectivity index (χ1n) is 10.5. The largest absolute Gasteiger partial charge is 0.351 e. The van der Waals surface area contributed by atoms with Gasteiger partial charge in [0.1, 0.15) is 21.3 Å². The predicted octanol–water partition coefficient (Wildman–Crippen LogP) is 2.53. The second-order valence-corrected chi connectivity index (χ2v) is 9.23. The molecule has 9 nitrogen and oxygen atoms in total. The van der Waals surface area contributed by atoms with Gasteiger partial charge in [-0.3, -0.25) is 24.5 Å². The number of fused-ring (bicyclic) bond motifs is 5. The predicted molar refractivity (Wildman–Crippen MR) is 123 cm³/mol. The normalized spacial score (nSPS) is 15.7. The number of nitrogens with zero attached hydrogens (tertiary/aromatic N) is 5. The Morgan fingerprint density at radius 3 is 2.79 bits per heavy atom. The van der Waals surface area contributed by atoms with Crippen LogP contribution in [0.4, 0.5) is 8.78 Å². The molecule has 2 N–H and O–H groups in total. The van der Waals surface area contributed by atoms with Gasteiger partial charge in [-0.05, 0) is 23.8 Å². The minimum atomic E-state index is -2.63. The molecule has 0 unspecified atom stereocenters. The highest BCUT2D eigenvalue weighted by Gasteiger charge is 2.43. The molecule has 1 fully saturated rings. The van der Waals surface area contributed by atoms with Crippen LogP contribution in [0.3, 0.4) is 0 Å². The second kappa shape index (κ2) is 7.64. The number of carbonyl (C=O) groups excluding carboxylic acids is 1. The van der Waals surface area contributed by atoms with Crippen LogP contribution in [0.25, 0.3) is 37.2 Å². The fourth-order valence-corrected chi connectivity index (χ4v) is 5.21. The van der Waals surface area contributed by atoms with Crippen LogP contribution in [0.15, 0.2) is 47.8 Å².